The van der Waals surface area contributed by atoms with Crippen molar-refractivity contribution in [3.63, 3.8) is 0 Å². The molecule has 0 aromatic heterocycles. The van der Waals surface area contributed by atoms with Crippen molar-refractivity contribution in [2.45, 2.75) is 39.8 Å². The minimum Gasteiger partial charge on any atom is -0.493 e. The normalized spacial score (nSPS) is 18.1. The highest BCUT2D eigenvalue weighted by molar-refractivity contribution is 9.10. The van der Waals surface area contributed by atoms with E-state index in [1.54, 1.807) is 19.1 Å². The molecule has 0 aliphatic carbocycles. The number of amidine groups is 1. The number of nitrogens with zero attached hydrogens (tertiary/aromatic N) is 2. The van der Waals surface area contributed by atoms with Crippen LogP contribution in [-0.2, 0) is 4.79 Å². The van der Waals surface area contributed by atoms with E-state index in [1.807, 2.05) is 45.9 Å². The van der Waals surface area contributed by atoms with Crippen LogP contribution in [-0.4, -0.2) is 42.3 Å². The van der Waals surface area contributed by atoms with E-state index in [2.05, 4.69) is 20.9 Å². The maximum atomic E-state index is 12.9. The van der Waals surface area contributed by atoms with Gasteiger partial charge in [-0.2, -0.15) is 0 Å². The molecule has 0 unspecified atom stereocenters. The molecule has 1 saturated heterocycles. The van der Waals surface area contributed by atoms with Gasteiger partial charge in [0.05, 0.1) is 19.1 Å². The first-order chi connectivity index (χ1) is 11.8. The molecule has 7 heteroatoms. The van der Waals surface area contributed by atoms with E-state index in [9.17, 15) is 4.79 Å². The largest absolute Gasteiger partial charge is 0.493 e. The first kappa shape index (κ1) is 19.8. The monoisotopic (exact) mass is 426 g/mol. The highest BCUT2D eigenvalue weighted by Crippen LogP contribution is 2.39. The van der Waals surface area contributed by atoms with Crippen LogP contribution in [0.15, 0.2) is 26.5 Å². The van der Waals surface area contributed by atoms with Gasteiger partial charge < -0.3 is 9.47 Å². The second-order valence-corrected chi connectivity index (χ2v) is 8.04. The molecule has 136 valence electrons. The smallest absolute Gasteiger partial charge is 0.266 e. The van der Waals surface area contributed by atoms with Crippen LogP contribution in [0, 0.1) is 0 Å². The van der Waals surface area contributed by atoms with E-state index < -0.39 is 0 Å². The number of amides is 1. The molecular weight excluding hydrogens is 404 g/mol. The van der Waals surface area contributed by atoms with Gasteiger partial charge in [0.2, 0.25) is 0 Å². The fourth-order valence-corrected chi connectivity index (χ4v) is 4.14. The van der Waals surface area contributed by atoms with E-state index in [1.165, 1.54) is 11.8 Å². The Morgan fingerprint density at radius 2 is 1.88 bits per heavy atom. The fourth-order valence-electron chi connectivity index (χ4n) is 2.46. The average molecular weight is 427 g/mol. The Balaban J connectivity index is 2.52. The molecule has 0 atom stereocenters. The average Bonchev–Trinajstić information content (AvgIpc) is 2.81. The molecule has 1 aromatic carbocycles. The molecule has 1 heterocycles. The van der Waals surface area contributed by atoms with Crippen molar-refractivity contribution in [1.29, 1.82) is 0 Å². The van der Waals surface area contributed by atoms with Crippen molar-refractivity contribution in [3.05, 3.63) is 27.1 Å². The molecule has 5 nitrogen and oxygen atoms in total. The van der Waals surface area contributed by atoms with Crippen LogP contribution < -0.4 is 9.47 Å². The van der Waals surface area contributed by atoms with Gasteiger partial charge in [0.25, 0.3) is 5.91 Å². The number of rotatable bonds is 5. The van der Waals surface area contributed by atoms with Gasteiger partial charge in [-0.05, 0) is 57.7 Å². The van der Waals surface area contributed by atoms with Gasteiger partial charge in [-0.3, -0.25) is 14.7 Å². The van der Waals surface area contributed by atoms with E-state index >= 15 is 0 Å². The summed E-state index contributed by atoms with van der Waals surface area (Å²) in [6, 6.07) is 3.90. The zero-order valence-electron chi connectivity index (χ0n) is 15.3. The zero-order chi connectivity index (χ0) is 18.7. The molecule has 0 spiro atoms. The van der Waals surface area contributed by atoms with Gasteiger partial charge in [0, 0.05) is 22.1 Å². The quantitative estimate of drug-likeness (QED) is 0.647. The second kappa shape index (κ2) is 8.27. The van der Waals surface area contributed by atoms with Crippen LogP contribution in [0.3, 0.4) is 0 Å². The summed E-state index contributed by atoms with van der Waals surface area (Å²) in [5.41, 5.74) is 0.777. The van der Waals surface area contributed by atoms with Crippen molar-refractivity contribution in [2.24, 2.45) is 4.99 Å². The third-order valence-electron chi connectivity index (χ3n) is 3.48. The van der Waals surface area contributed by atoms with Crippen LogP contribution in [0.4, 0.5) is 0 Å². The predicted molar refractivity (Wildman–Crippen MR) is 107 cm³/mol. The lowest BCUT2D eigenvalue weighted by atomic mass is 10.1. The number of ether oxygens (including phenoxy) is 2. The summed E-state index contributed by atoms with van der Waals surface area (Å²) < 4.78 is 11.7. The predicted octanol–water partition coefficient (Wildman–Crippen LogP) is 4.56. The van der Waals surface area contributed by atoms with Crippen LogP contribution >= 0.6 is 27.7 Å². The topological polar surface area (TPSA) is 51.1 Å². The summed E-state index contributed by atoms with van der Waals surface area (Å²) in [5, 5.41) is 0.738. The molecule has 0 radical (unpaired) electrons. The van der Waals surface area contributed by atoms with E-state index in [0.717, 1.165) is 15.2 Å². The first-order valence-corrected chi connectivity index (χ1v) is 9.61. The van der Waals surface area contributed by atoms with Crippen LogP contribution in [0.25, 0.3) is 6.08 Å². The second-order valence-electron chi connectivity index (χ2n) is 6.12. The van der Waals surface area contributed by atoms with Gasteiger partial charge in [-0.25, -0.2) is 0 Å². The Bertz CT molecular complexity index is 729. The van der Waals surface area contributed by atoms with Gasteiger partial charge in [0.1, 0.15) is 0 Å². The summed E-state index contributed by atoms with van der Waals surface area (Å²) in [5.74, 6) is 1.16. The number of aliphatic imine (C=N–C) groups is 1. The van der Waals surface area contributed by atoms with E-state index in [4.69, 9.17) is 9.47 Å². The number of carbonyl (C=O) groups is 1. The summed E-state index contributed by atoms with van der Waals surface area (Å²) in [6.45, 7) is 7.97. The SMILES string of the molecule is COc1cc(Br)cc(/C=C2/SC(=NC(C)C)N(C(C)C)C2=O)c1OC. The van der Waals surface area contributed by atoms with Gasteiger partial charge >= 0.3 is 0 Å². The molecule has 25 heavy (non-hydrogen) atoms. The number of benzene rings is 1. The number of halogens is 1. The van der Waals surface area contributed by atoms with Gasteiger partial charge in [-0.1, -0.05) is 15.9 Å². The summed E-state index contributed by atoms with van der Waals surface area (Å²) in [4.78, 5) is 19.8. The lowest BCUT2D eigenvalue weighted by molar-refractivity contribution is -0.123. The Morgan fingerprint density at radius 1 is 1.20 bits per heavy atom. The van der Waals surface area contributed by atoms with E-state index in [0.29, 0.717) is 16.4 Å². The first-order valence-electron chi connectivity index (χ1n) is 8.00. The Hall–Kier alpha value is -1.47. The van der Waals surface area contributed by atoms with Crippen LogP contribution in [0.5, 0.6) is 11.5 Å². The maximum Gasteiger partial charge on any atom is 0.266 e. The van der Waals surface area contributed by atoms with Crippen LogP contribution in [0.2, 0.25) is 0 Å². The summed E-state index contributed by atoms with van der Waals surface area (Å²) in [6.07, 6.45) is 1.83. The van der Waals surface area contributed by atoms with Crippen molar-refractivity contribution >= 4 is 44.8 Å². The third kappa shape index (κ3) is 4.39. The lowest BCUT2D eigenvalue weighted by Crippen LogP contribution is -2.35. The minimum absolute atomic E-state index is 0.0413. The van der Waals surface area contributed by atoms with Gasteiger partial charge in [0.15, 0.2) is 16.7 Å². The highest BCUT2D eigenvalue weighted by Gasteiger charge is 2.35. The minimum atomic E-state index is -0.0413. The highest BCUT2D eigenvalue weighted by atomic mass is 79.9. The molecule has 1 aliphatic heterocycles. The van der Waals surface area contributed by atoms with E-state index in [-0.39, 0.29) is 18.0 Å². The molecule has 1 aromatic rings. The number of carbonyl (C=O) groups excluding carboxylic acids is 1. The molecule has 1 fully saturated rings. The van der Waals surface area contributed by atoms with Crippen molar-refractivity contribution in [1.82, 2.24) is 4.90 Å². The maximum absolute atomic E-state index is 12.9. The Kier molecular flexibility index (Phi) is 6.57. The third-order valence-corrected chi connectivity index (χ3v) is 4.94. The lowest BCUT2D eigenvalue weighted by Gasteiger charge is -2.20. The van der Waals surface area contributed by atoms with Crippen molar-refractivity contribution in [2.75, 3.05) is 14.2 Å². The standard InChI is InChI=1S/C18H23BrN2O3S/c1-10(2)20-18-21(11(3)4)17(22)15(25-18)8-12-7-13(19)9-14(23-5)16(12)24-6/h7-11H,1-6H3/b15-8+,20-18?. The summed E-state index contributed by atoms with van der Waals surface area (Å²) >= 11 is 4.86. The fraction of sp³-hybridized carbons (Fsp3) is 0.444. The number of methoxy groups -OCH3 is 2. The molecular formula is C18H23BrN2O3S. The Labute approximate surface area is 161 Å². The molecule has 1 amide bonds. The number of thioether (sulfide) groups is 1. The zero-order valence-corrected chi connectivity index (χ0v) is 17.7. The van der Waals surface area contributed by atoms with Crippen molar-refractivity contribution in [3.8, 4) is 11.5 Å². The summed E-state index contributed by atoms with van der Waals surface area (Å²) in [7, 11) is 3.17. The van der Waals surface area contributed by atoms with Gasteiger partial charge in [-0.15, -0.1) is 0 Å². The number of hydrogen-bond acceptors (Lipinski definition) is 5. The van der Waals surface area contributed by atoms with Crippen molar-refractivity contribution < 1.29 is 14.3 Å². The number of hydrogen-bond donors (Lipinski definition) is 0. The molecule has 1 aliphatic rings. The molecule has 2 rings (SSSR count). The molecule has 0 saturated carbocycles. The molecule has 0 bridgehead atoms. The Morgan fingerprint density at radius 3 is 2.40 bits per heavy atom. The van der Waals surface area contributed by atoms with Crippen LogP contribution in [0.1, 0.15) is 33.3 Å². The molecule has 0 N–H and O–H groups in total.